The Balaban J connectivity index is 3.90. The molecule has 0 unspecified atom stereocenters. The second kappa shape index (κ2) is 8.09. The Morgan fingerprint density at radius 3 is 1.34 bits per heavy atom. The van der Waals surface area contributed by atoms with Gasteiger partial charge in [0.1, 0.15) is 10.7 Å². The number of aryl methyl sites for hydroxylation is 1. The number of nitrogens with one attached hydrogen (secondary N) is 1. The van der Waals surface area contributed by atoms with Gasteiger partial charge in [0.05, 0.1) is 5.56 Å². The summed E-state index contributed by atoms with van der Waals surface area (Å²) in [6.07, 6.45) is -7.82. The lowest BCUT2D eigenvalue weighted by molar-refractivity contribution is -0.462. The molecule has 1 aromatic rings. The predicted molar refractivity (Wildman–Crippen MR) is 80.7 cm³/mol. The predicted octanol–water partition coefficient (Wildman–Crippen LogP) is 7.39. The van der Waals surface area contributed by atoms with Crippen LogP contribution in [0.1, 0.15) is 16.8 Å². The molecular formula is C15H5F17N2S. The monoisotopic (exact) mass is 568 g/mol. The van der Waals surface area contributed by atoms with E-state index in [4.69, 9.17) is 5.26 Å². The van der Waals surface area contributed by atoms with Crippen molar-refractivity contribution >= 4 is 12.2 Å². The molecule has 0 radical (unpaired) electrons. The number of nitriles is 1. The van der Waals surface area contributed by atoms with Crippen molar-refractivity contribution in [2.24, 2.45) is 0 Å². The van der Waals surface area contributed by atoms with E-state index in [0.717, 1.165) is 0 Å². The molecule has 0 aliphatic carbocycles. The van der Waals surface area contributed by atoms with Gasteiger partial charge in [-0.2, -0.15) is 79.9 Å². The van der Waals surface area contributed by atoms with Crippen LogP contribution in [0.15, 0.2) is 6.07 Å². The Morgan fingerprint density at radius 1 is 0.657 bits per heavy atom. The topological polar surface area (TPSA) is 39.6 Å². The third kappa shape index (κ3) is 3.89. The van der Waals surface area contributed by atoms with Crippen LogP contribution in [-0.2, 0) is 5.92 Å². The van der Waals surface area contributed by atoms with Gasteiger partial charge >= 0.3 is 47.6 Å². The molecule has 200 valence electrons. The first kappa shape index (κ1) is 30.7. The summed E-state index contributed by atoms with van der Waals surface area (Å²) in [5.41, 5.74) is -5.16. The SMILES string of the molecule is Cc1cc(C(F)(F)C(F)(F)C(F)(F)C(F)(F)C(F)(F)C(F)(F)C(F)(F)C(F)(F)F)c(C#N)c(=S)[nH]1. The lowest BCUT2D eigenvalue weighted by atomic mass is 9.86. The van der Waals surface area contributed by atoms with Crippen LogP contribution < -0.4 is 0 Å². The van der Waals surface area contributed by atoms with Crippen molar-refractivity contribution in [1.82, 2.24) is 4.98 Å². The van der Waals surface area contributed by atoms with Crippen molar-refractivity contribution in [3.63, 3.8) is 0 Å². The van der Waals surface area contributed by atoms with Crippen LogP contribution in [0, 0.1) is 22.9 Å². The van der Waals surface area contributed by atoms with Gasteiger partial charge in [0, 0.05) is 11.3 Å². The fraction of sp³-hybridized carbons (Fsp3) is 0.600. The zero-order chi connectivity index (χ0) is 28.4. The second-order valence-corrected chi connectivity index (χ2v) is 7.11. The van der Waals surface area contributed by atoms with Crippen LogP contribution >= 0.6 is 12.2 Å². The number of aromatic amines is 1. The van der Waals surface area contributed by atoms with Gasteiger partial charge in [-0.05, 0) is 13.0 Å². The molecule has 2 nitrogen and oxygen atoms in total. The van der Waals surface area contributed by atoms with E-state index in [2.05, 4.69) is 12.2 Å². The summed E-state index contributed by atoms with van der Waals surface area (Å²) in [5, 5.41) is 8.72. The average molecular weight is 568 g/mol. The van der Waals surface area contributed by atoms with Crippen LogP contribution in [0.2, 0.25) is 0 Å². The molecule has 1 rings (SSSR count). The number of hydrogen-bond donors (Lipinski definition) is 1. The molecule has 0 saturated carbocycles. The zero-order valence-corrected chi connectivity index (χ0v) is 16.7. The van der Waals surface area contributed by atoms with E-state index >= 15 is 0 Å². The molecule has 0 bridgehead atoms. The molecule has 0 aliphatic rings. The first-order valence-corrected chi connectivity index (χ1v) is 8.38. The van der Waals surface area contributed by atoms with E-state index in [1.165, 1.54) is 0 Å². The highest BCUT2D eigenvalue weighted by Gasteiger charge is 2.95. The van der Waals surface area contributed by atoms with Gasteiger partial charge in [-0.1, -0.05) is 12.2 Å². The fourth-order valence-electron chi connectivity index (χ4n) is 2.38. The number of rotatable bonds is 7. The molecule has 0 aromatic carbocycles. The number of pyridine rings is 1. The summed E-state index contributed by atoms with van der Waals surface area (Å²) in [6.45, 7) is 0.704. The van der Waals surface area contributed by atoms with Crippen LogP contribution in [-0.4, -0.2) is 46.7 Å². The standard InChI is InChI=1S/C15H5F17N2S/c1-4-2-6(5(3-33)7(35)34-4)8(16,17)9(18,19)10(20,21)11(22,23)12(24,25)13(26,27)14(28,29)15(30,31)32/h2H,1H3,(H,34,35). The van der Waals surface area contributed by atoms with Crippen molar-refractivity contribution in [1.29, 1.82) is 5.26 Å². The normalized spacial score (nSPS) is 15.2. The van der Waals surface area contributed by atoms with Gasteiger partial charge in [-0.3, -0.25) is 0 Å². The van der Waals surface area contributed by atoms with E-state index in [0.29, 0.717) is 13.0 Å². The minimum absolute atomic E-state index is 0.277. The van der Waals surface area contributed by atoms with Crippen molar-refractivity contribution in [3.8, 4) is 6.07 Å². The van der Waals surface area contributed by atoms with E-state index in [1.807, 2.05) is 4.98 Å². The number of nitrogens with zero attached hydrogens (tertiary/aromatic N) is 1. The summed E-state index contributed by atoms with van der Waals surface area (Å²) in [5.74, 6) is -57.5. The number of aromatic nitrogens is 1. The maximum Gasteiger partial charge on any atom is 0.460 e. The lowest BCUT2D eigenvalue weighted by Crippen LogP contribution is -2.74. The van der Waals surface area contributed by atoms with Gasteiger partial charge < -0.3 is 4.98 Å². The average Bonchev–Trinajstić information content (AvgIpc) is 2.65. The minimum atomic E-state index is -8.72. The molecule has 0 amide bonds. The summed E-state index contributed by atoms with van der Waals surface area (Å²) >= 11 is 4.27. The van der Waals surface area contributed by atoms with E-state index in [-0.39, 0.29) is 6.07 Å². The Kier molecular flexibility index (Phi) is 7.10. The van der Waals surface area contributed by atoms with Gasteiger partial charge in [-0.15, -0.1) is 0 Å². The smallest absolute Gasteiger partial charge is 0.349 e. The Hall–Kier alpha value is -2.33. The number of alkyl halides is 17. The van der Waals surface area contributed by atoms with Gasteiger partial charge in [-0.25, -0.2) is 0 Å². The molecule has 0 aliphatic heterocycles. The molecule has 35 heavy (non-hydrogen) atoms. The molecule has 0 fully saturated rings. The molecule has 20 heteroatoms. The fourth-order valence-corrected chi connectivity index (χ4v) is 2.70. The van der Waals surface area contributed by atoms with E-state index in [1.54, 1.807) is 0 Å². The lowest BCUT2D eigenvalue weighted by Gasteiger charge is -2.42. The van der Waals surface area contributed by atoms with Crippen molar-refractivity contribution in [2.45, 2.75) is 54.6 Å². The summed E-state index contributed by atoms with van der Waals surface area (Å²) < 4.78 is 226. The molecule has 0 spiro atoms. The summed E-state index contributed by atoms with van der Waals surface area (Å²) in [4.78, 5) is 1.87. The maximum absolute atomic E-state index is 14.3. The molecular weight excluding hydrogens is 563 g/mol. The van der Waals surface area contributed by atoms with E-state index < -0.39 is 69.1 Å². The summed E-state index contributed by atoms with van der Waals surface area (Å²) in [6, 6.07) is 0.400. The van der Waals surface area contributed by atoms with Gasteiger partial charge in [0.15, 0.2) is 0 Å². The quantitative estimate of drug-likeness (QED) is 0.275. The van der Waals surface area contributed by atoms with Gasteiger partial charge in [0.25, 0.3) is 0 Å². The largest absolute Gasteiger partial charge is 0.460 e. The summed E-state index contributed by atoms with van der Waals surface area (Å²) in [7, 11) is 0. The zero-order valence-electron chi connectivity index (χ0n) is 15.9. The minimum Gasteiger partial charge on any atom is -0.349 e. The molecule has 0 atom stereocenters. The number of halogens is 17. The van der Waals surface area contributed by atoms with Crippen LogP contribution in [0.25, 0.3) is 0 Å². The Labute approximate surface area is 186 Å². The van der Waals surface area contributed by atoms with Crippen LogP contribution in [0.3, 0.4) is 0 Å². The van der Waals surface area contributed by atoms with Crippen molar-refractivity contribution in [3.05, 3.63) is 27.5 Å². The second-order valence-electron chi connectivity index (χ2n) is 6.70. The van der Waals surface area contributed by atoms with Crippen LogP contribution in [0.4, 0.5) is 74.6 Å². The van der Waals surface area contributed by atoms with Gasteiger partial charge in [0.2, 0.25) is 0 Å². The third-order valence-corrected chi connectivity index (χ3v) is 4.65. The molecule has 1 aromatic heterocycles. The van der Waals surface area contributed by atoms with Crippen molar-refractivity contribution in [2.75, 3.05) is 0 Å². The first-order chi connectivity index (χ1) is 15.1. The molecule has 1 heterocycles. The van der Waals surface area contributed by atoms with Crippen LogP contribution in [0.5, 0.6) is 0 Å². The highest BCUT2D eigenvalue weighted by Crippen LogP contribution is 2.65. The maximum atomic E-state index is 14.3. The number of hydrogen-bond acceptors (Lipinski definition) is 2. The van der Waals surface area contributed by atoms with Crippen molar-refractivity contribution < 1.29 is 74.6 Å². The highest BCUT2D eigenvalue weighted by atomic mass is 32.1. The molecule has 1 N–H and O–H groups in total. The number of H-pyrrole nitrogens is 1. The Morgan fingerprint density at radius 2 is 1.00 bits per heavy atom. The highest BCUT2D eigenvalue weighted by molar-refractivity contribution is 7.71. The van der Waals surface area contributed by atoms with E-state index in [9.17, 15) is 74.6 Å². The first-order valence-electron chi connectivity index (χ1n) is 7.97. The third-order valence-electron chi connectivity index (χ3n) is 4.34. The Bertz CT molecular complexity index is 1080. The molecule has 0 saturated heterocycles.